The van der Waals surface area contributed by atoms with E-state index in [0.29, 0.717) is 0 Å². The fraction of sp³-hybridized carbons (Fsp3) is 0.667. The van der Waals surface area contributed by atoms with Gasteiger partial charge in [-0.15, -0.1) is 0 Å². The molecule has 0 aliphatic rings. The van der Waals surface area contributed by atoms with Crippen LogP contribution in [0, 0.1) is 0 Å². The highest BCUT2D eigenvalue weighted by Gasteiger charge is 2.30. The van der Waals surface area contributed by atoms with E-state index < -0.39 is 37.9 Å². The van der Waals surface area contributed by atoms with E-state index in [1.807, 2.05) is 0 Å². The molecule has 1 N–H and O–H groups in total. The van der Waals surface area contributed by atoms with E-state index in [0.717, 1.165) is 25.7 Å². The molecule has 2 aromatic rings. The molecule has 1 nitrogen and oxygen atoms in total. The van der Waals surface area contributed by atoms with Gasteiger partial charge in [0.1, 0.15) is 0 Å². The van der Waals surface area contributed by atoms with Crippen LogP contribution >= 0.6 is 0 Å². The van der Waals surface area contributed by atoms with Crippen LogP contribution < -0.4 is 20.7 Å². The van der Waals surface area contributed by atoms with Gasteiger partial charge in [-0.25, -0.2) is 0 Å². The Labute approximate surface area is 260 Å². The molecule has 0 bridgehead atoms. The highest BCUT2D eigenvalue weighted by Crippen LogP contribution is 2.26. The van der Waals surface area contributed by atoms with Crippen molar-refractivity contribution >= 4 is 53.0 Å². The lowest BCUT2D eigenvalue weighted by Gasteiger charge is -2.30. The lowest BCUT2D eigenvalue weighted by molar-refractivity contribution is 0.0404. The Morgan fingerprint density at radius 2 is 0.683 bits per heavy atom. The van der Waals surface area contributed by atoms with E-state index in [2.05, 4.69) is 122 Å². The highest BCUT2D eigenvalue weighted by molar-refractivity contribution is 6.92. The first-order valence-electron chi connectivity index (χ1n) is 16.9. The minimum atomic E-state index is -1.50. The highest BCUT2D eigenvalue weighted by atomic mass is 28.3. The van der Waals surface area contributed by atoms with Crippen LogP contribution in [-0.4, -0.2) is 43.0 Å². The van der Waals surface area contributed by atoms with Crippen molar-refractivity contribution in [1.29, 1.82) is 0 Å². The molecule has 0 spiro atoms. The summed E-state index contributed by atoms with van der Waals surface area (Å²) in [5.74, 6) is 0. The topological polar surface area (TPSA) is 20.2 Å². The summed E-state index contributed by atoms with van der Waals surface area (Å²) in [7, 11) is -5.63. The number of rotatable bonds is 18. The van der Waals surface area contributed by atoms with Crippen LogP contribution in [0.2, 0.25) is 76.6 Å². The number of unbranched alkanes of at least 4 members (excludes halogenated alkanes) is 2. The molecule has 0 atom stereocenters. The molecular weight excluding hydrogens is 561 g/mol. The normalized spacial score (nSPS) is 13.6. The van der Waals surface area contributed by atoms with E-state index in [4.69, 9.17) is 0 Å². The molecule has 0 saturated heterocycles. The van der Waals surface area contributed by atoms with Crippen LogP contribution in [0.5, 0.6) is 0 Å². The number of hydrogen-bond acceptors (Lipinski definition) is 1. The lowest BCUT2D eigenvalue weighted by Crippen LogP contribution is -2.45. The van der Waals surface area contributed by atoms with Crippen LogP contribution in [0.15, 0.2) is 48.5 Å². The molecule has 0 amide bonds. The van der Waals surface area contributed by atoms with Gasteiger partial charge in [0.25, 0.3) is 0 Å². The zero-order valence-electron chi connectivity index (χ0n) is 29.1. The zero-order chi connectivity index (χ0) is 31.0. The minimum absolute atomic E-state index is 0.549. The smallest absolute Gasteiger partial charge is 0.0806 e. The van der Waals surface area contributed by atoms with Gasteiger partial charge >= 0.3 is 0 Å². The van der Waals surface area contributed by atoms with Crippen molar-refractivity contribution in [3.8, 4) is 0 Å². The summed E-state index contributed by atoms with van der Waals surface area (Å²) in [4.78, 5) is 0. The lowest BCUT2D eigenvalue weighted by atomic mass is 9.95. The van der Waals surface area contributed by atoms with Crippen molar-refractivity contribution in [3.05, 3.63) is 48.5 Å². The van der Waals surface area contributed by atoms with E-state index in [1.54, 1.807) is 20.7 Å². The third-order valence-electron chi connectivity index (χ3n) is 10.2. The Hall–Kier alpha value is -0.732. The zero-order valence-corrected chi connectivity index (χ0v) is 33.1. The Morgan fingerprint density at radius 1 is 0.463 bits per heavy atom. The predicted molar refractivity (Wildman–Crippen MR) is 199 cm³/mol. The van der Waals surface area contributed by atoms with Gasteiger partial charge in [-0.1, -0.05) is 198 Å². The second kappa shape index (κ2) is 15.3. The molecule has 232 valence electrons. The van der Waals surface area contributed by atoms with Gasteiger partial charge in [0.15, 0.2) is 0 Å². The minimum Gasteiger partial charge on any atom is -0.390 e. The summed E-state index contributed by atoms with van der Waals surface area (Å²) < 4.78 is 0. The summed E-state index contributed by atoms with van der Waals surface area (Å²) in [5, 5.41) is 17.7. The second-order valence-electron chi connectivity index (χ2n) is 16.1. The van der Waals surface area contributed by atoms with Crippen LogP contribution in [0.1, 0.15) is 72.1 Å². The summed E-state index contributed by atoms with van der Waals surface area (Å²) in [6.45, 7) is 26.9. The van der Waals surface area contributed by atoms with E-state index in [-0.39, 0.29) is 0 Å². The quantitative estimate of drug-likeness (QED) is 0.164. The number of hydrogen-bond donors (Lipinski definition) is 1. The summed E-state index contributed by atoms with van der Waals surface area (Å²) >= 11 is 0. The third-order valence-corrected chi connectivity index (χ3v) is 24.2. The molecule has 0 aliphatic carbocycles. The van der Waals surface area contributed by atoms with Gasteiger partial charge in [0.05, 0.1) is 37.9 Å². The van der Waals surface area contributed by atoms with Crippen molar-refractivity contribution in [2.75, 3.05) is 0 Å². The van der Waals surface area contributed by atoms with Crippen LogP contribution in [-0.2, 0) is 0 Å². The first-order chi connectivity index (χ1) is 19.0. The molecule has 0 fully saturated rings. The van der Waals surface area contributed by atoms with E-state index in [9.17, 15) is 5.11 Å². The number of aliphatic hydroxyl groups is 1. The van der Waals surface area contributed by atoms with Gasteiger partial charge in [-0.2, -0.15) is 0 Å². The van der Waals surface area contributed by atoms with Crippen LogP contribution in [0.25, 0.3) is 0 Å². The van der Waals surface area contributed by atoms with Crippen molar-refractivity contribution < 1.29 is 5.11 Å². The Bertz CT molecular complexity index is 953. The predicted octanol–water partition coefficient (Wildman–Crippen LogP) is 8.96. The maximum Gasteiger partial charge on any atom is 0.0806 e. The largest absolute Gasteiger partial charge is 0.390 e. The summed E-state index contributed by atoms with van der Waals surface area (Å²) in [6, 6.07) is 24.9. The van der Waals surface area contributed by atoms with E-state index >= 15 is 0 Å². The first-order valence-corrected chi connectivity index (χ1v) is 29.7. The fourth-order valence-corrected chi connectivity index (χ4v) is 16.5. The molecule has 0 radical (unpaired) electrons. The monoisotopic (exact) mass is 626 g/mol. The van der Waals surface area contributed by atoms with Crippen molar-refractivity contribution in [3.63, 3.8) is 0 Å². The van der Waals surface area contributed by atoms with Gasteiger partial charge in [-0.05, 0) is 19.8 Å². The second-order valence-corrected chi connectivity index (χ2v) is 35.5. The molecule has 5 heteroatoms. The van der Waals surface area contributed by atoms with Crippen molar-refractivity contribution in [2.45, 2.75) is 154 Å². The SMILES string of the molecule is CCCC[Si](C)(C)c1ccc([Si](C)(C)CCCC(C)(O)CCC[Si](C)(C)c2ccc([Si](C)(C)CCCC)cc2)cc1. The molecule has 0 unspecified atom stereocenters. The molecule has 41 heavy (non-hydrogen) atoms. The Balaban J connectivity index is 1.86. The Morgan fingerprint density at radius 3 is 0.902 bits per heavy atom. The van der Waals surface area contributed by atoms with Crippen molar-refractivity contribution in [2.24, 2.45) is 0 Å². The maximum atomic E-state index is 11.3. The molecule has 0 saturated carbocycles. The van der Waals surface area contributed by atoms with Gasteiger partial charge in [0, 0.05) is 0 Å². The molecular formula is C36H66OSi4. The molecule has 0 aliphatic heterocycles. The first kappa shape index (κ1) is 36.5. The number of benzene rings is 2. The maximum absolute atomic E-state index is 11.3. The van der Waals surface area contributed by atoms with Gasteiger partial charge < -0.3 is 5.11 Å². The van der Waals surface area contributed by atoms with Crippen LogP contribution in [0.4, 0.5) is 0 Å². The standard InChI is InChI=1S/C36H66OSi4/c1-12-14-28-38(4,5)32-18-22-34(23-19-32)40(8,9)30-16-26-36(3,37)27-17-31-41(10,11)35-24-20-33(21-25-35)39(6,7)29-15-13-2/h18-25,37H,12-17,26-31H2,1-11H3. The molecule has 0 heterocycles. The average Bonchev–Trinajstić information content (AvgIpc) is 2.90. The van der Waals surface area contributed by atoms with Crippen LogP contribution in [0.3, 0.4) is 0 Å². The van der Waals surface area contributed by atoms with Gasteiger partial charge in [0.2, 0.25) is 0 Å². The molecule has 0 aromatic heterocycles. The molecule has 2 aromatic carbocycles. The van der Waals surface area contributed by atoms with E-state index in [1.165, 1.54) is 49.9 Å². The fourth-order valence-electron chi connectivity index (χ4n) is 6.51. The average molecular weight is 627 g/mol. The summed E-state index contributed by atoms with van der Waals surface area (Å²) in [5.41, 5.74) is -0.549. The summed E-state index contributed by atoms with van der Waals surface area (Å²) in [6.07, 6.45) is 9.41. The molecule has 2 rings (SSSR count). The van der Waals surface area contributed by atoms with Crippen molar-refractivity contribution in [1.82, 2.24) is 0 Å². The Kier molecular flexibility index (Phi) is 13.6. The van der Waals surface area contributed by atoms with Gasteiger partial charge in [-0.3, -0.25) is 0 Å². The third kappa shape index (κ3) is 11.4.